The summed E-state index contributed by atoms with van der Waals surface area (Å²) in [5, 5.41) is 9.78. The maximum atomic E-state index is 13.6. The summed E-state index contributed by atoms with van der Waals surface area (Å²) in [5.41, 5.74) is 1.18. The van der Waals surface area contributed by atoms with Crippen molar-refractivity contribution in [3.8, 4) is 5.75 Å². The van der Waals surface area contributed by atoms with Crippen molar-refractivity contribution < 1.29 is 14.2 Å². The van der Waals surface area contributed by atoms with Gasteiger partial charge in [0, 0.05) is 9.79 Å². The van der Waals surface area contributed by atoms with Gasteiger partial charge in [0.05, 0.1) is 13.2 Å². The Morgan fingerprint density at radius 2 is 1.85 bits per heavy atom. The minimum absolute atomic E-state index is 0.292. The molecule has 0 amide bonds. The van der Waals surface area contributed by atoms with E-state index in [1.54, 1.807) is 27.0 Å². The summed E-state index contributed by atoms with van der Waals surface area (Å²) in [6.45, 7) is 3.36. The molecule has 0 radical (unpaired) electrons. The van der Waals surface area contributed by atoms with Crippen LogP contribution in [-0.2, 0) is 0 Å². The van der Waals surface area contributed by atoms with Gasteiger partial charge >= 0.3 is 0 Å². The van der Waals surface area contributed by atoms with Crippen LogP contribution in [0.3, 0.4) is 0 Å². The van der Waals surface area contributed by atoms with E-state index in [1.165, 1.54) is 17.8 Å². The predicted octanol–water partition coefficient (Wildman–Crippen LogP) is 4.35. The topological polar surface area (TPSA) is 29.5 Å². The van der Waals surface area contributed by atoms with Gasteiger partial charge in [-0.15, -0.1) is 0 Å². The summed E-state index contributed by atoms with van der Waals surface area (Å²) < 4.78 is 18.7. The number of benzene rings is 2. The van der Waals surface area contributed by atoms with E-state index in [4.69, 9.17) is 4.74 Å². The molecule has 0 fully saturated rings. The summed E-state index contributed by atoms with van der Waals surface area (Å²) in [4.78, 5) is 1.88. The van der Waals surface area contributed by atoms with Crippen molar-refractivity contribution in [2.45, 2.75) is 29.7 Å². The Bertz CT molecular complexity index is 594. The highest BCUT2D eigenvalue weighted by Crippen LogP contribution is 2.35. The van der Waals surface area contributed by atoms with Gasteiger partial charge in [0.1, 0.15) is 11.6 Å². The third-order valence-electron chi connectivity index (χ3n) is 3.03. The van der Waals surface area contributed by atoms with Crippen LogP contribution in [-0.4, -0.2) is 12.2 Å². The van der Waals surface area contributed by atoms with Crippen LogP contribution in [0.5, 0.6) is 5.75 Å². The summed E-state index contributed by atoms with van der Waals surface area (Å²) >= 11 is 1.50. The minimum Gasteiger partial charge on any atom is -0.497 e. The Hall–Kier alpha value is -1.52. The Balaban J connectivity index is 2.33. The first-order chi connectivity index (χ1) is 9.51. The van der Waals surface area contributed by atoms with Crippen molar-refractivity contribution in [1.29, 1.82) is 0 Å². The van der Waals surface area contributed by atoms with Crippen LogP contribution in [0.2, 0.25) is 0 Å². The number of rotatable bonds is 4. The number of aryl methyl sites for hydroxylation is 1. The molecule has 0 bridgehead atoms. The molecule has 0 aliphatic heterocycles. The van der Waals surface area contributed by atoms with Gasteiger partial charge < -0.3 is 9.84 Å². The first kappa shape index (κ1) is 14.9. The molecule has 2 nitrogen and oxygen atoms in total. The van der Waals surface area contributed by atoms with Gasteiger partial charge in [0.2, 0.25) is 0 Å². The van der Waals surface area contributed by atoms with Crippen LogP contribution in [0.1, 0.15) is 24.2 Å². The third-order valence-corrected chi connectivity index (χ3v) is 4.11. The molecule has 106 valence electrons. The van der Waals surface area contributed by atoms with Gasteiger partial charge in [-0.1, -0.05) is 11.8 Å². The van der Waals surface area contributed by atoms with Gasteiger partial charge in [0.25, 0.3) is 0 Å². The maximum absolute atomic E-state index is 13.6. The first-order valence-electron chi connectivity index (χ1n) is 6.31. The second kappa shape index (κ2) is 6.29. The van der Waals surface area contributed by atoms with E-state index in [0.717, 1.165) is 15.5 Å². The fourth-order valence-corrected chi connectivity index (χ4v) is 2.97. The SMILES string of the molecule is COc1ccc(Sc2cc(C)c(F)cc2C(C)O)cc1. The fourth-order valence-electron chi connectivity index (χ4n) is 1.86. The largest absolute Gasteiger partial charge is 0.497 e. The Morgan fingerprint density at radius 1 is 1.20 bits per heavy atom. The van der Waals surface area contributed by atoms with Crippen molar-refractivity contribution in [3.05, 3.63) is 53.3 Å². The van der Waals surface area contributed by atoms with E-state index < -0.39 is 6.10 Å². The van der Waals surface area contributed by atoms with E-state index in [1.807, 2.05) is 24.3 Å². The van der Waals surface area contributed by atoms with Crippen LogP contribution in [0.4, 0.5) is 4.39 Å². The summed E-state index contributed by atoms with van der Waals surface area (Å²) in [6, 6.07) is 10.8. The molecule has 0 saturated heterocycles. The van der Waals surface area contributed by atoms with Crippen molar-refractivity contribution in [2.24, 2.45) is 0 Å². The Morgan fingerprint density at radius 3 is 2.40 bits per heavy atom. The molecule has 0 saturated carbocycles. The molecule has 0 aliphatic rings. The molecule has 0 aromatic heterocycles. The number of aliphatic hydroxyl groups is 1. The molecule has 2 aromatic rings. The van der Waals surface area contributed by atoms with Crippen LogP contribution in [0.25, 0.3) is 0 Å². The predicted molar refractivity (Wildman–Crippen MR) is 78.9 cm³/mol. The Kier molecular flexibility index (Phi) is 4.68. The van der Waals surface area contributed by atoms with E-state index in [2.05, 4.69) is 0 Å². The monoisotopic (exact) mass is 292 g/mol. The lowest BCUT2D eigenvalue weighted by Crippen LogP contribution is -1.97. The zero-order chi connectivity index (χ0) is 14.7. The third kappa shape index (κ3) is 3.32. The van der Waals surface area contributed by atoms with Crippen molar-refractivity contribution in [1.82, 2.24) is 0 Å². The molecular weight excluding hydrogens is 275 g/mol. The normalized spacial score (nSPS) is 12.2. The lowest BCUT2D eigenvalue weighted by molar-refractivity contribution is 0.196. The zero-order valence-corrected chi connectivity index (χ0v) is 12.5. The minimum atomic E-state index is -0.703. The van der Waals surface area contributed by atoms with Crippen molar-refractivity contribution >= 4 is 11.8 Å². The molecule has 1 atom stereocenters. The van der Waals surface area contributed by atoms with Crippen LogP contribution < -0.4 is 4.74 Å². The summed E-state index contributed by atoms with van der Waals surface area (Å²) in [6.07, 6.45) is -0.703. The molecule has 4 heteroatoms. The van der Waals surface area contributed by atoms with E-state index in [0.29, 0.717) is 11.1 Å². The maximum Gasteiger partial charge on any atom is 0.126 e. The Labute approximate surface area is 122 Å². The quantitative estimate of drug-likeness (QED) is 0.908. The van der Waals surface area contributed by atoms with Gasteiger partial charge in [0.15, 0.2) is 0 Å². The van der Waals surface area contributed by atoms with Gasteiger partial charge in [-0.2, -0.15) is 0 Å². The first-order valence-corrected chi connectivity index (χ1v) is 7.13. The molecule has 0 aliphatic carbocycles. The van der Waals surface area contributed by atoms with Gasteiger partial charge in [-0.3, -0.25) is 0 Å². The number of hydrogen-bond donors (Lipinski definition) is 1. The highest BCUT2D eigenvalue weighted by atomic mass is 32.2. The summed E-state index contributed by atoms with van der Waals surface area (Å²) in [7, 11) is 1.62. The van der Waals surface area contributed by atoms with Crippen LogP contribution >= 0.6 is 11.8 Å². The number of aliphatic hydroxyl groups excluding tert-OH is 1. The molecule has 0 spiro atoms. The van der Waals surface area contributed by atoms with E-state index >= 15 is 0 Å². The lowest BCUT2D eigenvalue weighted by atomic mass is 10.1. The standard InChI is InChI=1S/C16H17FO2S/c1-10-8-16(14(11(2)18)9-15(10)17)20-13-6-4-12(19-3)5-7-13/h4-9,11,18H,1-3H3. The van der Waals surface area contributed by atoms with Crippen LogP contribution in [0.15, 0.2) is 46.2 Å². The molecule has 20 heavy (non-hydrogen) atoms. The van der Waals surface area contributed by atoms with E-state index in [-0.39, 0.29) is 5.82 Å². The second-order valence-electron chi connectivity index (χ2n) is 4.59. The molecule has 2 rings (SSSR count). The second-order valence-corrected chi connectivity index (χ2v) is 5.71. The average molecular weight is 292 g/mol. The van der Waals surface area contributed by atoms with Gasteiger partial charge in [-0.25, -0.2) is 4.39 Å². The smallest absolute Gasteiger partial charge is 0.126 e. The fraction of sp³-hybridized carbons (Fsp3) is 0.250. The molecule has 1 N–H and O–H groups in total. The average Bonchev–Trinajstić information content (AvgIpc) is 2.43. The molecular formula is C16H17FO2S. The highest BCUT2D eigenvalue weighted by Gasteiger charge is 2.13. The molecule has 2 aromatic carbocycles. The van der Waals surface area contributed by atoms with Crippen LogP contribution in [0, 0.1) is 12.7 Å². The van der Waals surface area contributed by atoms with Crippen molar-refractivity contribution in [2.75, 3.05) is 7.11 Å². The lowest BCUT2D eigenvalue weighted by Gasteiger charge is -2.13. The summed E-state index contributed by atoms with van der Waals surface area (Å²) in [5.74, 6) is 0.500. The zero-order valence-electron chi connectivity index (χ0n) is 11.7. The van der Waals surface area contributed by atoms with Gasteiger partial charge in [-0.05, 0) is 61.4 Å². The molecule has 1 unspecified atom stereocenters. The number of halogens is 1. The number of methoxy groups -OCH3 is 1. The highest BCUT2D eigenvalue weighted by molar-refractivity contribution is 7.99. The number of ether oxygens (including phenoxy) is 1. The molecule has 0 heterocycles. The number of hydrogen-bond acceptors (Lipinski definition) is 3. The van der Waals surface area contributed by atoms with E-state index in [9.17, 15) is 9.50 Å². The van der Waals surface area contributed by atoms with Crippen molar-refractivity contribution in [3.63, 3.8) is 0 Å².